The third-order valence-corrected chi connectivity index (χ3v) is 6.17. The fourth-order valence-corrected chi connectivity index (χ4v) is 4.30. The van der Waals surface area contributed by atoms with Gasteiger partial charge in [-0.25, -0.2) is 8.42 Å². The number of anilines is 1. The average molecular weight is 407 g/mol. The normalized spacial score (nSPS) is 11.3. The highest BCUT2D eigenvalue weighted by Gasteiger charge is 2.25. The van der Waals surface area contributed by atoms with E-state index >= 15 is 0 Å². The molecule has 0 fully saturated rings. The minimum atomic E-state index is -3.72. The molecule has 0 radical (unpaired) electrons. The molecule has 0 heterocycles. The van der Waals surface area contributed by atoms with E-state index in [1.54, 1.807) is 25.2 Å². The zero-order chi connectivity index (χ0) is 20.7. The molecule has 1 amide bonds. The smallest absolute Gasteiger partial charge is 0.243 e. The van der Waals surface area contributed by atoms with Crippen LogP contribution in [0.25, 0.3) is 0 Å². The first-order valence-electron chi connectivity index (χ1n) is 8.86. The number of carbonyl (C=O) groups is 1. The van der Waals surface area contributed by atoms with Crippen LogP contribution < -0.4 is 14.4 Å². The van der Waals surface area contributed by atoms with Crippen molar-refractivity contribution in [3.8, 4) is 11.5 Å². The highest BCUT2D eigenvalue weighted by molar-refractivity contribution is 7.89. The topological polar surface area (TPSA) is 76.2 Å². The highest BCUT2D eigenvalue weighted by atomic mass is 32.2. The molecule has 2 aromatic rings. The van der Waals surface area contributed by atoms with Crippen LogP contribution in [0.3, 0.4) is 0 Å². The summed E-state index contributed by atoms with van der Waals surface area (Å²) in [6.45, 7) is 2.54. The van der Waals surface area contributed by atoms with Crippen molar-refractivity contribution in [2.24, 2.45) is 0 Å². The number of hydrogen-bond acceptors (Lipinski definition) is 5. The SMILES string of the molecule is CCCN(Cc1ccc(N(C)C=O)cc1)S(=O)(=O)c1ccc(OC)c(OC)c1. The van der Waals surface area contributed by atoms with E-state index in [0.29, 0.717) is 24.5 Å². The second-order valence-electron chi connectivity index (χ2n) is 6.24. The van der Waals surface area contributed by atoms with Gasteiger partial charge in [0.2, 0.25) is 16.4 Å². The second kappa shape index (κ2) is 9.57. The summed E-state index contributed by atoms with van der Waals surface area (Å²) in [7, 11) is 0.910. The lowest BCUT2D eigenvalue weighted by Crippen LogP contribution is -2.31. The molecule has 0 aromatic heterocycles. The van der Waals surface area contributed by atoms with Gasteiger partial charge in [-0.15, -0.1) is 0 Å². The molecule has 28 heavy (non-hydrogen) atoms. The second-order valence-corrected chi connectivity index (χ2v) is 8.18. The molecule has 0 saturated heterocycles. The molecule has 0 saturated carbocycles. The van der Waals surface area contributed by atoms with Gasteiger partial charge in [-0.2, -0.15) is 4.31 Å². The first kappa shape index (κ1) is 21.7. The molecule has 0 unspecified atom stereocenters. The predicted octanol–water partition coefficient (Wildman–Crippen LogP) is 2.90. The van der Waals surface area contributed by atoms with E-state index in [9.17, 15) is 13.2 Å². The highest BCUT2D eigenvalue weighted by Crippen LogP contribution is 2.31. The van der Waals surface area contributed by atoms with Crippen LogP contribution in [0.2, 0.25) is 0 Å². The van der Waals surface area contributed by atoms with Crippen molar-refractivity contribution in [3.05, 3.63) is 48.0 Å². The summed E-state index contributed by atoms with van der Waals surface area (Å²) in [5, 5.41) is 0. The summed E-state index contributed by atoms with van der Waals surface area (Å²) in [5.41, 5.74) is 1.57. The first-order valence-corrected chi connectivity index (χ1v) is 10.3. The fraction of sp³-hybridized carbons (Fsp3) is 0.350. The van der Waals surface area contributed by atoms with Gasteiger partial charge >= 0.3 is 0 Å². The van der Waals surface area contributed by atoms with E-state index in [1.165, 1.54) is 35.6 Å². The molecule has 0 N–H and O–H groups in total. The third-order valence-electron chi connectivity index (χ3n) is 4.33. The molecule has 0 aliphatic carbocycles. The maximum Gasteiger partial charge on any atom is 0.243 e. The molecule has 8 heteroatoms. The van der Waals surface area contributed by atoms with Gasteiger partial charge in [0.05, 0.1) is 19.1 Å². The molecule has 0 bridgehead atoms. The lowest BCUT2D eigenvalue weighted by Gasteiger charge is -2.22. The van der Waals surface area contributed by atoms with Crippen molar-refractivity contribution in [2.75, 3.05) is 32.7 Å². The Morgan fingerprint density at radius 3 is 2.18 bits per heavy atom. The van der Waals surface area contributed by atoms with Gasteiger partial charge in [0.15, 0.2) is 11.5 Å². The van der Waals surface area contributed by atoms with Crippen molar-refractivity contribution in [2.45, 2.75) is 24.8 Å². The molecule has 0 aliphatic heterocycles. The zero-order valence-electron chi connectivity index (χ0n) is 16.6. The number of amides is 1. The van der Waals surface area contributed by atoms with Gasteiger partial charge < -0.3 is 14.4 Å². The molecule has 152 valence electrons. The Morgan fingerprint density at radius 2 is 1.64 bits per heavy atom. The van der Waals surface area contributed by atoms with Crippen molar-refractivity contribution in [3.63, 3.8) is 0 Å². The number of sulfonamides is 1. The van der Waals surface area contributed by atoms with Crippen LogP contribution in [0.1, 0.15) is 18.9 Å². The fourth-order valence-electron chi connectivity index (χ4n) is 2.76. The van der Waals surface area contributed by atoms with Gasteiger partial charge in [-0.1, -0.05) is 19.1 Å². The molecular formula is C20H26N2O5S. The van der Waals surface area contributed by atoms with Gasteiger partial charge in [-0.3, -0.25) is 4.79 Å². The minimum absolute atomic E-state index is 0.149. The summed E-state index contributed by atoms with van der Waals surface area (Å²) >= 11 is 0. The quantitative estimate of drug-likeness (QED) is 0.567. The van der Waals surface area contributed by atoms with E-state index in [0.717, 1.165) is 17.7 Å². The van der Waals surface area contributed by atoms with Crippen LogP contribution in [0.4, 0.5) is 5.69 Å². The monoisotopic (exact) mass is 406 g/mol. The number of rotatable bonds is 10. The molecule has 7 nitrogen and oxygen atoms in total. The van der Waals surface area contributed by atoms with Crippen molar-refractivity contribution >= 4 is 22.1 Å². The number of ether oxygens (including phenoxy) is 2. The summed E-state index contributed by atoms with van der Waals surface area (Å²) in [5.74, 6) is 0.833. The maximum absolute atomic E-state index is 13.2. The van der Waals surface area contributed by atoms with E-state index in [1.807, 2.05) is 19.1 Å². The lowest BCUT2D eigenvalue weighted by atomic mass is 10.2. The molecule has 2 rings (SSSR count). The average Bonchev–Trinajstić information content (AvgIpc) is 2.72. The van der Waals surface area contributed by atoms with E-state index in [-0.39, 0.29) is 11.4 Å². The lowest BCUT2D eigenvalue weighted by molar-refractivity contribution is -0.107. The molecule has 0 spiro atoms. The van der Waals surface area contributed by atoms with Crippen LogP contribution in [0.5, 0.6) is 11.5 Å². The zero-order valence-corrected chi connectivity index (χ0v) is 17.4. The Hall–Kier alpha value is -2.58. The Morgan fingerprint density at radius 1 is 1.00 bits per heavy atom. The molecule has 0 atom stereocenters. The van der Waals surface area contributed by atoms with Crippen LogP contribution in [0, 0.1) is 0 Å². The predicted molar refractivity (Wildman–Crippen MR) is 108 cm³/mol. The third kappa shape index (κ3) is 4.82. The molecule has 2 aromatic carbocycles. The van der Waals surface area contributed by atoms with Gasteiger partial charge in [0.1, 0.15) is 0 Å². The van der Waals surface area contributed by atoms with Crippen molar-refractivity contribution in [1.29, 1.82) is 0 Å². The summed E-state index contributed by atoms with van der Waals surface area (Å²) in [6.07, 6.45) is 1.40. The Balaban J connectivity index is 2.32. The maximum atomic E-state index is 13.2. The van der Waals surface area contributed by atoms with E-state index < -0.39 is 10.0 Å². The number of nitrogens with zero attached hydrogens (tertiary/aromatic N) is 2. The van der Waals surface area contributed by atoms with Crippen LogP contribution in [-0.2, 0) is 21.4 Å². The summed E-state index contributed by atoms with van der Waals surface area (Å²) < 4.78 is 38.2. The van der Waals surface area contributed by atoms with Gasteiger partial charge in [0.25, 0.3) is 0 Å². The number of carbonyl (C=O) groups excluding carboxylic acids is 1. The van der Waals surface area contributed by atoms with Gasteiger partial charge in [0, 0.05) is 31.9 Å². The first-order chi connectivity index (χ1) is 13.4. The Labute approximate surface area is 166 Å². The van der Waals surface area contributed by atoms with Crippen molar-refractivity contribution < 1.29 is 22.7 Å². The number of hydrogen-bond donors (Lipinski definition) is 0. The number of benzene rings is 2. The largest absolute Gasteiger partial charge is 0.493 e. The molecular weight excluding hydrogens is 380 g/mol. The molecule has 0 aliphatic rings. The van der Waals surface area contributed by atoms with Crippen LogP contribution in [0.15, 0.2) is 47.4 Å². The van der Waals surface area contributed by atoms with E-state index in [4.69, 9.17) is 9.47 Å². The Bertz CT molecular complexity index is 897. The summed E-state index contributed by atoms with van der Waals surface area (Å²) in [4.78, 5) is 12.5. The summed E-state index contributed by atoms with van der Waals surface area (Å²) in [6, 6.07) is 11.8. The van der Waals surface area contributed by atoms with Crippen molar-refractivity contribution in [1.82, 2.24) is 4.31 Å². The van der Waals surface area contributed by atoms with Gasteiger partial charge in [-0.05, 0) is 36.2 Å². The standard InChI is InChI=1S/C20H26N2O5S/c1-5-12-22(14-16-6-8-17(9-7-16)21(2)15-23)28(24,25)18-10-11-19(26-3)20(13-18)27-4/h6-11,13,15H,5,12,14H2,1-4H3. The Kier molecular flexibility index (Phi) is 7.42. The number of methoxy groups -OCH3 is 2. The van der Waals surface area contributed by atoms with Crippen LogP contribution >= 0.6 is 0 Å². The van der Waals surface area contributed by atoms with Crippen LogP contribution in [-0.4, -0.2) is 46.9 Å². The van der Waals surface area contributed by atoms with E-state index in [2.05, 4.69) is 0 Å². The minimum Gasteiger partial charge on any atom is -0.493 e.